The molecule has 0 radical (unpaired) electrons. The number of carbonyl (C=O) groups excluding carboxylic acids is 1. The van der Waals surface area contributed by atoms with E-state index < -0.39 is 6.04 Å². The summed E-state index contributed by atoms with van der Waals surface area (Å²) in [5.74, 6) is 0.239. The van der Waals surface area contributed by atoms with Crippen molar-refractivity contribution in [2.75, 3.05) is 6.54 Å². The number of benzene rings is 1. The largest absolute Gasteiger partial charge is 0.354 e. The Morgan fingerprint density at radius 1 is 1.29 bits per heavy atom. The molecule has 24 heavy (non-hydrogen) atoms. The molecule has 2 aromatic rings. The van der Waals surface area contributed by atoms with Gasteiger partial charge in [0.2, 0.25) is 5.91 Å². The van der Waals surface area contributed by atoms with Gasteiger partial charge in [0.05, 0.1) is 5.69 Å². The number of nitrogens with zero attached hydrogens (tertiary/aromatic N) is 2. The summed E-state index contributed by atoms with van der Waals surface area (Å²) in [7, 11) is 0. The van der Waals surface area contributed by atoms with Crippen molar-refractivity contribution in [3.05, 3.63) is 63.0 Å². The van der Waals surface area contributed by atoms with Crippen molar-refractivity contribution < 1.29 is 4.79 Å². The molecule has 1 aliphatic carbocycles. The molecular formula is C18H20ClN3O2. The van der Waals surface area contributed by atoms with E-state index in [-0.39, 0.29) is 11.5 Å². The summed E-state index contributed by atoms with van der Waals surface area (Å²) in [5.41, 5.74) is 1.74. The first-order valence-electron chi connectivity index (χ1n) is 8.16. The van der Waals surface area contributed by atoms with E-state index >= 15 is 0 Å². The van der Waals surface area contributed by atoms with Gasteiger partial charge in [-0.1, -0.05) is 23.7 Å². The van der Waals surface area contributed by atoms with E-state index in [4.69, 9.17) is 11.6 Å². The van der Waals surface area contributed by atoms with Crippen LogP contribution in [0.3, 0.4) is 0 Å². The molecule has 0 aliphatic heterocycles. The van der Waals surface area contributed by atoms with Crippen molar-refractivity contribution in [3.63, 3.8) is 0 Å². The summed E-state index contributed by atoms with van der Waals surface area (Å²) >= 11 is 5.85. The summed E-state index contributed by atoms with van der Waals surface area (Å²) in [4.78, 5) is 24.3. The van der Waals surface area contributed by atoms with Gasteiger partial charge in [0.25, 0.3) is 5.56 Å². The number of hydrogen-bond donors (Lipinski definition) is 1. The van der Waals surface area contributed by atoms with Crippen molar-refractivity contribution >= 4 is 17.5 Å². The maximum Gasteiger partial charge on any atom is 0.267 e. The van der Waals surface area contributed by atoms with Crippen molar-refractivity contribution in [2.45, 2.75) is 38.1 Å². The van der Waals surface area contributed by atoms with Crippen LogP contribution in [0.15, 0.2) is 41.2 Å². The minimum atomic E-state index is -0.624. The molecule has 1 aromatic carbocycles. The van der Waals surface area contributed by atoms with Crippen LogP contribution in [-0.2, 0) is 11.2 Å². The van der Waals surface area contributed by atoms with Gasteiger partial charge in [-0.3, -0.25) is 9.59 Å². The standard InChI is InChI=1S/C18H20ClN3O2/c1-12(22-17(23)9-8-16(21-22)14-4-5-14)18(24)20-11-10-13-2-6-15(19)7-3-13/h2-3,6-9,12,14H,4-5,10-11H2,1H3,(H,20,24). The SMILES string of the molecule is CC(C(=O)NCCc1ccc(Cl)cc1)n1nc(C2CC2)ccc1=O. The Labute approximate surface area is 145 Å². The van der Waals surface area contributed by atoms with Gasteiger partial charge < -0.3 is 5.32 Å². The van der Waals surface area contributed by atoms with Crippen LogP contribution in [0.4, 0.5) is 0 Å². The number of rotatable bonds is 6. The number of amides is 1. The van der Waals surface area contributed by atoms with Gasteiger partial charge in [0.15, 0.2) is 0 Å². The molecule has 3 rings (SSSR count). The summed E-state index contributed by atoms with van der Waals surface area (Å²) < 4.78 is 1.28. The highest BCUT2D eigenvalue weighted by Crippen LogP contribution is 2.38. The molecule has 0 saturated heterocycles. The number of halogens is 1. The molecule has 1 aliphatic rings. The molecule has 1 unspecified atom stereocenters. The second-order valence-corrected chi connectivity index (χ2v) is 6.60. The zero-order valence-corrected chi connectivity index (χ0v) is 14.3. The molecular weight excluding hydrogens is 326 g/mol. The molecule has 0 bridgehead atoms. The molecule has 6 heteroatoms. The summed E-state index contributed by atoms with van der Waals surface area (Å²) in [5, 5.41) is 7.92. The van der Waals surface area contributed by atoms with Crippen LogP contribution >= 0.6 is 11.6 Å². The first kappa shape index (κ1) is 16.7. The highest BCUT2D eigenvalue weighted by molar-refractivity contribution is 6.30. The van der Waals surface area contributed by atoms with Gasteiger partial charge in [-0.25, -0.2) is 4.68 Å². The Morgan fingerprint density at radius 2 is 2.00 bits per heavy atom. The van der Waals surface area contributed by atoms with Crippen molar-refractivity contribution in [3.8, 4) is 0 Å². The minimum Gasteiger partial charge on any atom is -0.354 e. The molecule has 5 nitrogen and oxygen atoms in total. The number of hydrogen-bond acceptors (Lipinski definition) is 3. The summed E-state index contributed by atoms with van der Waals surface area (Å²) in [6.45, 7) is 2.20. The molecule has 1 fully saturated rings. The minimum absolute atomic E-state index is 0.202. The predicted molar refractivity (Wildman–Crippen MR) is 93.3 cm³/mol. The van der Waals surface area contributed by atoms with Gasteiger partial charge in [-0.05, 0) is 49.9 Å². The zero-order valence-electron chi connectivity index (χ0n) is 13.5. The normalized spacial score (nSPS) is 15.1. The Balaban J connectivity index is 1.59. The average Bonchev–Trinajstić information content (AvgIpc) is 3.41. The van der Waals surface area contributed by atoms with E-state index in [1.54, 1.807) is 13.0 Å². The highest BCUT2D eigenvalue weighted by atomic mass is 35.5. The van der Waals surface area contributed by atoms with Crippen LogP contribution in [0.2, 0.25) is 5.02 Å². The maximum absolute atomic E-state index is 12.3. The molecule has 1 N–H and O–H groups in total. The van der Waals surface area contributed by atoms with Crippen LogP contribution in [0.25, 0.3) is 0 Å². The molecule has 1 heterocycles. The number of carbonyl (C=O) groups is 1. The van der Waals surface area contributed by atoms with Gasteiger partial charge >= 0.3 is 0 Å². The lowest BCUT2D eigenvalue weighted by Crippen LogP contribution is -2.38. The Hall–Kier alpha value is -2.14. The lowest BCUT2D eigenvalue weighted by atomic mass is 10.1. The lowest BCUT2D eigenvalue weighted by molar-refractivity contribution is -0.124. The topological polar surface area (TPSA) is 64.0 Å². The average molecular weight is 346 g/mol. The zero-order chi connectivity index (χ0) is 17.1. The number of aromatic nitrogens is 2. The van der Waals surface area contributed by atoms with Gasteiger partial charge in [0.1, 0.15) is 6.04 Å². The predicted octanol–water partition coefficient (Wildman–Crippen LogP) is 2.69. The van der Waals surface area contributed by atoms with E-state index in [1.165, 1.54) is 10.7 Å². The van der Waals surface area contributed by atoms with E-state index in [1.807, 2.05) is 24.3 Å². The van der Waals surface area contributed by atoms with Crippen molar-refractivity contribution in [1.82, 2.24) is 15.1 Å². The summed E-state index contributed by atoms with van der Waals surface area (Å²) in [6.07, 6.45) is 2.92. The van der Waals surface area contributed by atoms with Crippen LogP contribution in [0.1, 0.15) is 43.0 Å². The quantitative estimate of drug-likeness (QED) is 0.875. The Bertz CT molecular complexity index is 782. The fourth-order valence-electron chi connectivity index (χ4n) is 2.55. The van der Waals surface area contributed by atoms with E-state index in [0.717, 1.165) is 24.1 Å². The van der Waals surface area contributed by atoms with Crippen molar-refractivity contribution in [2.24, 2.45) is 0 Å². The Kier molecular flexibility index (Phi) is 5.00. The van der Waals surface area contributed by atoms with Crippen molar-refractivity contribution in [1.29, 1.82) is 0 Å². The van der Waals surface area contributed by atoms with Gasteiger partial charge in [-0.2, -0.15) is 5.10 Å². The monoisotopic (exact) mass is 345 g/mol. The molecule has 1 amide bonds. The third-order valence-electron chi connectivity index (χ3n) is 4.21. The van der Waals surface area contributed by atoms with E-state index in [2.05, 4.69) is 10.4 Å². The van der Waals surface area contributed by atoms with E-state index in [9.17, 15) is 9.59 Å². The molecule has 0 spiro atoms. The fraction of sp³-hybridized carbons (Fsp3) is 0.389. The lowest BCUT2D eigenvalue weighted by Gasteiger charge is -2.15. The van der Waals surface area contributed by atoms with Crippen LogP contribution < -0.4 is 10.9 Å². The highest BCUT2D eigenvalue weighted by Gasteiger charge is 2.26. The molecule has 1 saturated carbocycles. The third-order valence-corrected chi connectivity index (χ3v) is 4.47. The number of nitrogens with one attached hydrogen (secondary N) is 1. The molecule has 1 atom stereocenters. The summed E-state index contributed by atoms with van der Waals surface area (Å²) in [6, 6.07) is 10.2. The molecule has 1 aromatic heterocycles. The van der Waals surface area contributed by atoms with Crippen LogP contribution in [0.5, 0.6) is 0 Å². The fourth-order valence-corrected chi connectivity index (χ4v) is 2.68. The third kappa shape index (κ3) is 4.03. The van der Waals surface area contributed by atoms with Gasteiger partial charge in [0, 0.05) is 23.6 Å². The van der Waals surface area contributed by atoms with Crippen LogP contribution in [-0.4, -0.2) is 22.2 Å². The van der Waals surface area contributed by atoms with E-state index in [0.29, 0.717) is 23.9 Å². The first-order chi connectivity index (χ1) is 11.5. The maximum atomic E-state index is 12.3. The van der Waals surface area contributed by atoms with Crippen LogP contribution in [0, 0.1) is 0 Å². The Morgan fingerprint density at radius 3 is 2.67 bits per heavy atom. The molecule has 126 valence electrons. The second kappa shape index (κ2) is 7.18. The second-order valence-electron chi connectivity index (χ2n) is 6.16. The van der Waals surface area contributed by atoms with Gasteiger partial charge in [-0.15, -0.1) is 0 Å². The smallest absolute Gasteiger partial charge is 0.267 e. The first-order valence-corrected chi connectivity index (χ1v) is 8.54.